The van der Waals surface area contributed by atoms with Crippen LogP contribution in [0.5, 0.6) is 0 Å². The van der Waals surface area contributed by atoms with Gasteiger partial charge in [0.25, 0.3) is 0 Å². The molecule has 4 heteroatoms. The molecule has 0 radical (unpaired) electrons. The van der Waals surface area contributed by atoms with Gasteiger partial charge >= 0.3 is 0 Å². The van der Waals surface area contributed by atoms with Gasteiger partial charge in [0.15, 0.2) is 0 Å². The molecule has 1 aromatic rings. The Balaban J connectivity index is 1.20. The first-order chi connectivity index (χ1) is 14.3. The molecule has 2 aliphatic heterocycles. The summed E-state index contributed by atoms with van der Waals surface area (Å²) in [5, 5.41) is 3.16. The van der Waals surface area contributed by atoms with E-state index in [1.807, 2.05) is 0 Å². The van der Waals surface area contributed by atoms with Crippen molar-refractivity contribution >= 4 is 11.6 Å². The number of carbonyl (C=O) groups excluding carboxylic acids is 1. The number of para-hydroxylation sites is 1. The average molecular weight is 394 g/mol. The van der Waals surface area contributed by atoms with Crippen molar-refractivity contribution in [2.24, 2.45) is 23.7 Å². The lowest BCUT2D eigenvalue weighted by Gasteiger charge is -2.47. The minimum atomic E-state index is -0.335. The van der Waals surface area contributed by atoms with Crippen LogP contribution in [0.2, 0.25) is 0 Å². The van der Waals surface area contributed by atoms with E-state index in [2.05, 4.69) is 45.4 Å². The van der Waals surface area contributed by atoms with E-state index in [0.29, 0.717) is 6.67 Å². The van der Waals surface area contributed by atoms with E-state index in [0.717, 1.165) is 55.6 Å². The Hall–Kier alpha value is -1.55. The Morgan fingerprint density at radius 1 is 0.931 bits per heavy atom. The molecule has 1 aromatic carbocycles. The molecule has 1 amide bonds. The summed E-state index contributed by atoms with van der Waals surface area (Å²) in [5.41, 5.74) is 0.847. The van der Waals surface area contributed by atoms with E-state index in [4.69, 9.17) is 0 Å². The van der Waals surface area contributed by atoms with Gasteiger partial charge in [-0.2, -0.15) is 0 Å². The molecule has 1 N–H and O–H groups in total. The maximum absolute atomic E-state index is 13.0. The molecule has 3 saturated carbocycles. The first-order valence-electron chi connectivity index (χ1n) is 12.1. The van der Waals surface area contributed by atoms with Gasteiger partial charge in [0.05, 0.1) is 6.67 Å². The lowest BCUT2D eigenvalue weighted by molar-refractivity contribution is -0.125. The molecule has 2 heterocycles. The van der Waals surface area contributed by atoms with Crippen molar-refractivity contribution in [2.75, 3.05) is 24.7 Å². The molecule has 5 fully saturated rings. The molecule has 5 atom stereocenters. The lowest BCUT2D eigenvalue weighted by atomic mass is 9.64. The topological polar surface area (TPSA) is 35.6 Å². The monoisotopic (exact) mass is 393 g/mol. The Labute approximate surface area is 175 Å². The highest BCUT2D eigenvalue weighted by atomic mass is 16.2. The minimum absolute atomic E-state index is 0.249. The van der Waals surface area contributed by atoms with Gasteiger partial charge in [0, 0.05) is 24.8 Å². The van der Waals surface area contributed by atoms with Gasteiger partial charge in [-0.3, -0.25) is 9.69 Å². The van der Waals surface area contributed by atoms with Crippen LogP contribution < -0.4 is 10.2 Å². The number of carbonyl (C=O) groups is 1. The molecule has 1 spiro atoms. The fourth-order valence-electron chi connectivity index (χ4n) is 8.14. The Bertz CT molecular complexity index is 755. The zero-order valence-corrected chi connectivity index (χ0v) is 17.6. The van der Waals surface area contributed by atoms with Crippen LogP contribution in [-0.2, 0) is 4.79 Å². The maximum Gasteiger partial charge on any atom is 0.247 e. The highest BCUT2D eigenvalue weighted by Crippen LogP contribution is 2.56. The molecule has 2 saturated heterocycles. The predicted molar refractivity (Wildman–Crippen MR) is 116 cm³/mol. The molecular formula is C25H35N3O. The molecule has 6 rings (SSSR count). The average Bonchev–Trinajstić information content (AvgIpc) is 3.30. The van der Waals surface area contributed by atoms with Crippen LogP contribution in [0.4, 0.5) is 5.69 Å². The highest BCUT2D eigenvalue weighted by molar-refractivity contribution is 5.93. The van der Waals surface area contributed by atoms with Crippen LogP contribution in [0.25, 0.3) is 0 Å². The number of amides is 1. The summed E-state index contributed by atoms with van der Waals surface area (Å²) in [6.45, 7) is 2.82. The van der Waals surface area contributed by atoms with Crippen LogP contribution in [-0.4, -0.2) is 42.1 Å². The van der Waals surface area contributed by atoms with Crippen LogP contribution in [0, 0.1) is 23.7 Å². The molecule has 5 aliphatic rings. The van der Waals surface area contributed by atoms with Gasteiger partial charge in [-0.1, -0.05) is 50.3 Å². The molecule has 0 aromatic heterocycles. The number of nitrogens with one attached hydrogen (secondary N) is 1. The van der Waals surface area contributed by atoms with Crippen LogP contribution in [0.3, 0.4) is 0 Å². The summed E-state index contributed by atoms with van der Waals surface area (Å²) >= 11 is 0. The normalized spacial score (nSPS) is 38.8. The van der Waals surface area contributed by atoms with Crippen molar-refractivity contribution in [3.05, 3.63) is 30.3 Å². The van der Waals surface area contributed by atoms with E-state index in [9.17, 15) is 4.79 Å². The van der Waals surface area contributed by atoms with Crippen molar-refractivity contribution in [1.29, 1.82) is 0 Å². The van der Waals surface area contributed by atoms with Gasteiger partial charge < -0.3 is 10.2 Å². The molecule has 0 bridgehead atoms. The van der Waals surface area contributed by atoms with Gasteiger partial charge in [-0.05, 0) is 61.5 Å². The lowest BCUT2D eigenvalue weighted by Crippen LogP contribution is -2.58. The van der Waals surface area contributed by atoms with Crippen molar-refractivity contribution in [1.82, 2.24) is 10.2 Å². The number of benzene rings is 1. The highest BCUT2D eigenvalue weighted by Gasteiger charge is 2.54. The number of rotatable bonds is 2. The fourth-order valence-corrected chi connectivity index (χ4v) is 8.14. The number of piperidine rings is 1. The smallest absolute Gasteiger partial charge is 0.247 e. The molecule has 5 unspecified atom stereocenters. The number of likely N-dealkylation sites (tertiary alicyclic amines) is 1. The first-order valence-corrected chi connectivity index (χ1v) is 12.1. The summed E-state index contributed by atoms with van der Waals surface area (Å²) in [6, 6.07) is 11.3. The molecule has 4 nitrogen and oxygen atoms in total. The zero-order chi connectivity index (χ0) is 19.4. The van der Waals surface area contributed by atoms with Crippen LogP contribution in [0.15, 0.2) is 30.3 Å². The molecule has 3 aliphatic carbocycles. The summed E-state index contributed by atoms with van der Waals surface area (Å²) in [7, 11) is 0. The molecule has 156 valence electrons. The van der Waals surface area contributed by atoms with Crippen LogP contribution in [0.1, 0.15) is 57.8 Å². The Morgan fingerprint density at radius 3 is 2.45 bits per heavy atom. The number of hydrogen-bond donors (Lipinski definition) is 1. The van der Waals surface area contributed by atoms with Gasteiger partial charge in [-0.15, -0.1) is 0 Å². The SMILES string of the molecule is O=C1NCN(c2ccccc2)C12CCN(C1CC3CCCC4CCCC1C43)CC2. The third kappa shape index (κ3) is 2.78. The van der Waals surface area contributed by atoms with Crippen molar-refractivity contribution in [3.63, 3.8) is 0 Å². The second kappa shape index (κ2) is 7.01. The standard InChI is InChI=1S/C25H35N3O/c29-24-25(28(17-26-24)20-9-2-1-3-10-20)12-14-27(15-13-25)22-16-19-8-4-6-18-7-5-11-21(22)23(18)19/h1-3,9-10,18-19,21-23H,4-8,11-17H2,(H,26,29). The van der Waals surface area contributed by atoms with Gasteiger partial charge in [0.1, 0.15) is 5.54 Å². The van der Waals surface area contributed by atoms with E-state index in [-0.39, 0.29) is 11.4 Å². The minimum Gasteiger partial charge on any atom is -0.339 e. The van der Waals surface area contributed by atoms with Crippen molar-refractivity contribution in [2.45, 2.75) is 69.4 Å². The van der Waals surface area contributed by atoms with Crippen LogP contribution >= 0.6 is 0 Å². The predicted octanol–water partition coefficient (Wildman–Crippen LogP) is 4.02. The third-order valence-electron chi connectivity index (χ3n) is 9.38. The third-order valence-corrected chi connectivity index (χ3v) is 9.38. The van der Waals surface area contributed by atoms with E-state index in [1.165, 1.54) is 50.6 Å². The Morgan fingerprint density at radius 2 is 1.66 bits per heavy atom. The van der Waals surface area contributed by atoms with E-state index < -0.39 is 0 Å². The number of nitrogens with zero attached hydrogens (tertiary/aromatic N) is 2. The zero-order valence-electron chi connectivity index (χ0n) is 17.6. The molecule has 29 heavy (non-hydrogen) atoms. The maximum atomic E-state index is 13.0. The van der Waals surface area contributed by atoms with E-state index in [1.54, 1.807) is 0 Å². The first kappa shape index (κ1) is 18.2. The summed E-state index contributed by atoms with van der Waals surface area (Å²) in [5.74, 6) is 4.24. The quantitative estimate of drug-likeness (QED) is 0.824. The summed E-state index contributed by atoms with van der Waals surface area (Å²) < 4.78 is 0. The summed E-state index contributed by atoms with van der Waals surface area (Å²) in [4.78, 5) is 18.1. The molecular weight excluding hydrogens is 358 g/mol. The fraction of sp³-hybridized carbons (Fsp3) is 0.720. The van der Waals surface area contributed by atoms with Gasteiger partial charge in [0.2, 0.25) is 5.91 Å². The second-order valence-corrected chi connectivity index (χ2v) is 10.4. The largest absolute Gasteiger partial charge is 0.339 e. The Kier molecular flexibility index (Phi) is 4.41. The van der Waals surface area contributed by atoms with Crippen molar-refractivity contribution in [3.8, 4) is 0 Å². The van der Waals surface area contributed by atoms with Crippen molar-refractivity contribution < 1.29 is 4.79 Å². The second-order valence-electron chi connectivity index (χ2n) is 10.4. The number of anilines is 1. The van der Waals surface area contributed by atoms with Gasteiger partial charge in [-0.25, -0.2) is 0 Å². The summed E-state index contributed by atoms with van der Waals surface area (Å²) in [6.07, 6.45) is 12.2. The van der Waals surface area contributed by atoms with E-state index >= 15 is 0 Å². The number of hydrogen-bond acceptors (Lipinski definition) is 3.